The highest BCUT2D eigenvalue weighted by atomic mass is 35.5. The normalized spacial score (nSPS) is 20.5. The topological polar surface area (TPSA) is 34.2 Å². The van der Waals surface area contributed by atoms with Crippen molar-refractivity contribution in [3.8, 4) is 23.0 Å². The summed E-state index contributed by atoms with van der Waals surface area (Å²) >= 11 is 6.24. The highest BCUT2D eigenvalue weighted by Gasteiger charge is 2.36. The van der Waals surface area contributed by atoms with Gasteiger partial charge in [0.25, 0.3) is 0 Å². The van der Waals surface area contributed by atoms with Crippen LogP contribution in [-0.2, 0) is 0 Å². The number of fused-ring (bicyclic) bond motifs is 1. The zero-order valence-electron chi connectivity index (χ0n) is 19.7. The Morgan fingerprint density at radius 2 is 1.65 bits per heavy atom. The van der Waals surface area contributed by atoms with Crippen LogP contribution in [0.3, 0.4) is 0 Å². The first-order chi connectivity index (χ1) is 16.7. The average molecular weight is 479 g/mol. The Kier molecular flexibility index (Phi) is 6.84. The molecule has 0 amide bonds. The zero-order valence-corrected chi connectivity index (χ0v) is 20.5. The van der Waals surface area contributed by atoms with Crippen LogP contribution in [0, 0.1) is 0 Å². The van der Waals surface area contributed by atoms with Crippen molar-refractivity contribution in [1.82, 2.24) is 4.90 Å². The molecule has 2 aliphatic rings. The first-order valence-corrected chi connectivity index (χ1v) is 12.3. The number of halogens is 1. The van der Waals surface area contributed by atoms with Gasteiger partial charge in [0, 0.05) is 43.5 Å². The molecule has 178 valence electrons. The van der Waals surface area contributed by atoms with Crippen molar-refractivity contribution < 1.29 is 14.2 Å². The summed E-state index contributed by atoms with van der Waals surface area (Å²) in [7, 11) is 3.37. The number of methoxy groups -OCH3 is 2. The van der Waals surface area contributed by atoms with Crippen molar-refractivity contribution in [3.63, 3.8) is 0 Å². The maximum atomic E-state index is 6.24. The maximum Gasteiger partial charge on any atom is 0.169 e. The van der Waals surface area contributed by atoms with Crippen molar-refractivity contribution in [2.75, 3.05) is 38.8 Å². The van der Waals surface area contributed by atoms with Gasteiger partial charge in [0.15, 0.2) is 11.5 Å². The van der Waals surface area contributed by atoms with Crippen molar-refractivity contribution in [2.45, 2.75) is 31.3 Å². The molecule has 0 spiro atoms. The van der Waals surface area contributed by atoms with Crippen LogP contribution in [0.4, 0.5) is 5.69 Å². The minimum atomic E-state index is 0.389. The number of hydrogen-bond acceptors (Lipinski definition) is 5. The van der Waals surface area contributed by atoms with Crippen LogP contribution in [-0.4, -0.2) is 44.8 Å². The summed E-state index contributed by atoms with van der Waals surface area (Å²) in [5.41, 5.74) is 2.47. The summed E-state index contributed by atoms with van der Waals surface area (Å²) < 4.78 is 17.2. The van der Waals surface area contributed by atoms with E-state index in [4.69, 9.17) is 25.8 Å². The summed E-state index contributed by atoms with van der Waals surface area (Å²) in [5.74, 6) is 3.05. The van der Waals surface area contributed by atoms with Crippen molar-refractivity contribution in [2.24, 2.45) is 0 Å². The molecule has 2 saturated heterocycles. The SMILES string of the molecule is COc1cc(N2CCN3C(CCC[C@@H]3c3ccc(Oc4ccccc4)c(OC)c3)C2)ccc1Cl. The third-order valence-electron chi connectivity index (χ3n) is 6.99. The Hall–Kier alpha value is -2.89. The third-order valence-corrected chi connectivity index (χ3v) is 7.30. The number of anilines is 1. The summed E-state index contributed by atoms with van der Waals surface area (Å²) in [4.78, 5) is 5.14. The molecular weight excluding hydrogens is 448 g/mol. The van der Waals surface area contributed by atoms with Gasteiger partial charge in [-0.2, -0.15) is 0 Å². The van der Waals surface area contributed by atoms with Gasteiger partial charge in [-0.05, 0) is 61.2 Å². The number of rotatable bonds is 6. The van der Waals surface area contributed by atoms with E-state index in [1.165, 1.54) is 24.1 Å². The first-order valence-electron chi connectivity index (χ1n) is 11.9. The molecule has 0 aliphatic carbocycles. The van der Waals surface area contributed by atoms with E-state index >= 15 is 0 Å². The van der Waals surface area contributed by atoms with Gasteiger partial charge in [-0.25, -0.2) is 0 Å². The van der Waals surface area contributed by atoms with E-state index in [2.05, 4.69) is 34.1 Å². The molecule has 3 aromatic carbocycles. The molecule has 2 heterocycles. The number of hydrogen-bond donors (Lipinski definition) is 0. The van der Waals surface area contributed by atoms with Gasteiger partial charge in [0.05, 0.1) is 19.2 Å². The Morgan fingerprint density at radius 1 is 0.824 bits per heavy atom. The molecule has 3 aromatic rings. The monoisotopic (exact) mass is 478 g/mol. The van der Waals surface area contributed by atoms with Crippen molar-refractivity contribution >= 4 is 17.3 Å². The molecule has 5 nitrogen and oxygen atoms in total. The zero-order chi connectivity index (χ0) is 23.5. The standard InChI is InChI=1S/C28H31ClN2O3/c1-32-27-18-21(12-13-24(27)29)30-15-16-31-22(19-30)7-6-10-25(31)20-11-14-26(28(17-20)33-2)34-23-8-4-3-5-9-23/h3-5,8-9,11-14,17-18,22,25H,6-7,10,15-16,19H2,1-2H3/t22?,25-/m1/s1. The van der Waals surface area contributed by atoms with E-state index in [0.29, 0.717) is 17.1 Å². The Labute approximate surface area is 206 Å². The van der Waals surface area contributed by atoms with Crippen LogP contribution in [0.25, 0.3) is 0 Å². The van der Waals surface area contributed by atoms with E-state index in [9.17, 15) is 0 Å². The highest BCUT2D eigenvalue weighted by Crippen LogP contribution is 2.41. The smallest absolute Gasteiger partial charge is 0.169 e. The van der Waals surface area contributed by atoms with Gasteiger partial charge in [0.2, 0.25) is 0 Å². The fourth-order valence-electron chi connectivity index (χ4n) is 5.28. The molecular formula is C28H31ClN2O3. The van der Waals surface area contributed by atoms with Crippen LogP contribution in [0.15, 0.2) is 66.7 Å². The number of piperidine rings is 1. The summed E-state index contributed by atoms with van der Waals surface area (Å²) in [6, 6.07) is 23.2. The summed E-state index contributed by atoms with van der Waals surface area (Å²) in [6.45, 7) is 3.00. The molecule has 5 rings (SSSR count). The summed E-state index contributed by atoms with van der Waals surface area (Å²) in [6.07, 6.45) is 3.59. The molecule has 2 aliphatic heterocycles. The van der Waals surface area contributed by atoms with E-state index < -0.39 is 0 Å². The van der Waals surface area contributed by atoms with Crippen LogP contribution < -0.4 is 19.1 Å². The molecule has 34 heavy (non-hydrogen) atoms. The lowest BCUT2D eigenvalue weighted by Gasteiger charge is -2.49. The van der Waals surface area contributed by atoms with E-state index in [1.54, 1.807) is 14.2 Å². The van der Waals surface area contributed by atoms with Crippen LogP contribution in [0.1, 0.15) is 30.9 Å². The van der Waals surface area contributed by atoms with Gasteiger partial charge in [-0.15, -0.1) is 0 Å². The van der Waals surface area contributed by atoms with E-state index in [-0.39, 0.29) is 0 Å². The van der Waals surface area contributed by atoms with Crippen molar-refractivity contribution in [3.05, 3.63) is 77.3 Å². The predicted octanol–water partition coefficient (Wildman–Crippen LogP) is 6.57. The van der Waals surface area contributed by atoms with Gasteiger partial charge in [-0.1, -0.05) is 35.9 Å². The number of nitrogens with zero attached hydrogens (tertiary/aromatic N) is 2. The predicted molar refractivity (Wildman–Crippen MR) is 137 cm³/mol. The summed E-state index contributed by atoms with van der Waals surface area (Å²) in [5, 5.41) is 0.649. The first kappa shape index (κ1) is 22.9. The van der Waals surface area contributed by atoms with Crippen molar-refractivity contribution in [1.29, 1.82) is 0 Å². The van der Waals surface area contributed by atoms with Gasteiger partial charge >= 0.3 is 0 Å². The van der Waals surface area contributed by atoms with E-state index in [0.717, 1.165) is 49.1 Å². The van der Waals surface area contributed by atoms with Gasteiger partial charge in [0.1, 0.15) is 11.5 Å². The molecule has 6 heteroatoms. The van der Waals surface area contributed by atoms with Crippen LogP contribution in [0.2, 0.25) is 5.02 Å². The number of ether oxygens (including phenoxy) is 3. The van der Waals surface area contributed by atoms with Gasteiger partial charge in [-0.3, -0.25) is 4.90 Å². The Morgan fingerprint density at radius 3 is 2.44 bits per heavy atom. The quantitative estimate of drug-likeness (QED) is 0.400. The second-order valence-electron chi connectivity index (χ2n) is 8.93. The average Bonchev–Trinajstić information content (AvgIpc) is 2.89. The Balaban J connectivity index is 1.33. The second-order valence-corrected chi connectivity index (χ2v) is 9.34. The largest absolute Gasteiger partial charge is 0.495 e. The molecule has 0 N–H and O–H groups in total. The number of piperazine rings is 1. The lowest BCUT2D eigenvalue weighted by Crippen LogP contribution is -2.55. The second kappa shape index (κ2) is 10.2. The lowest BCUT2D eigenvalue weighted by molar-refractivity contribution is 0.0715. The molecule has 0 aromatic heterocycles. The molecule has 0 bridgehead atoms. The molecule has 2 fully saturated rings. The van der Waals surface area contributed by atoms with E-state index in [1.807, 2.05) is 42.5 Å². The van der Waals surface area contributed by atoms with Gasteiger partial charge < -0.3 is 19.1 Å². The lowest BCUT2D eigenvalue weighted by atomic mass is 9.89. The maximum absolute atomic E-state index is 6.24. The fourth-order valence-corrected chi connectivity index (χ4v) is 5.47. The fraction of sp³-hybridized carbons (Fsp3) is 0.357. The van der Waals surface area contributed by atoms with Crippen LogP contribution in [0.5, 0.6) is 23.0 Å². The third kappa shape index (κ3) is 4.68. The molecule has 0 radical (unpaired) electrons. The molecule has 1 unspecified atom stereocenters. The van der Waals surface area contributed by atoms with Crippen LogP contribution >= 0.6 is 11.6 Å². The molecule has 2 atom stereocenters. The highest BCUT2D eigenvalue weighted by molar-refractivity contribution is 6.32. The Bertz CT molecular complexity index is 1120. The molecule has 0 saturated carbocycles. The minimum Gasteiger partial charge on any atom is -0.495 e. The minimum absolute atomic E-state index is 0.389. The number of benzene rings is 3. The number of para-hydroxylation sites is 1.